The molecule has 1 aromatic rings. The number of rotatable bonds is 6. The van der Waals surface area contributed by atoms with E-state index in [1.165, 1.54) is 0 Å². The van der Waals surface area contributed by atoms with Crippen LogP contribution in [0.1, 0.15) is 38.7 Å². The average molecular weight is 236 g/mol. The van der Waals surface area contributed by atoms with Crippen molar-refractivity contribution in [2.75, 3.05) is 0 Å². The lowest BCUT2D eigenvalue weighted by Crippen LogP contribution is -2.38. The molecule has 1 rings (SSSR count). The predicted molar refractivity (Wildman–Crippen MR) is 67.0 cm³/mol. The fraction of sp³-hybridized carbons (Fsp3) is 0.500. The lowest BCUT2D eigenvalue weighted by molar-refractivity contribution is -0.145. The molecule has 17 heavy (non-hydrogen) atoms. The third-order valence-electron chi connectivity index (χ3n) is 3.39. The summed E-state index contributed by atoms with van der Waals surface area (Å²) in [6.07, 6.45) is 0.733. The minimum absolute atomic E-state index is 0.263. The molecular formula is C14H20O3. The van der Waals surface area contributed by atoms with Gasteiger partial charge in [0, 0.05) is 0 Å². The molecule has 0 spiro atoms. The molecule has 0 saturated carbocycles. The van der Waals surface area contributed by atoms with Gasteiger partial charge in [-0.05, 0) is 24.8 Å². The van der Waals surface area contributed by atoms with Crippen molar-refractivity contribution in [1.29, 1.82) is 0 Å². The minimum Gasteiger partial charge on any atom is -0.481 e. The van der Waals surface area contributed by atoms with Gasteiger partial charge in [-0.1, -0.05) is 44.2 Å². The van der Waals surface area contributed by atoms with Gasteiger partial charge in [0.2, 0.25) is 0 Å². The molecule has 2 unspecified atom stereocenters. The van der Waals surface area contributed by atoms with Gasteiger partial charge in [0.15, 0.2) is 0 Å². The fourth-order valence-electron chi connectivity index (χ4n) is 2.13. The van der Waals surface area contributed by atoms with Crippen LogP contribution in [0.4, 0.5) is 0 Å². The van der Waals surface area contributed by atoms with Gasteiger partial charge >= 0.3 is 5.97 Å². The van der Waals surface area contributed by atoms with Gasteiger partial charge in [0.1, 0.15) is 0 Å². The number of aliphatic carboxylic acids is 1. The smallest absolute Gasteiger partial charge is 0.314 e. The first kappa shape index (κ1) is 13.7. The molecule has 0 heterocycles. The van der Waals surface area contributed by atoms with E-state index < -0.39 is 17.5 Å². The van der Waals surface area contributed by atoms with Crippen LogP contribution in [0.5, 0.6) is 0 Å². The lowest BCUT2D eigenvalue weighted by atomic mass is 9.73. The molecule has 0 fully saturated rings. The van der Waals surface area contributed by atoms with E-state index in [0.29, 0.717) is 12.8 Å². The predicted octanol–water partition coefficient (Wildman–Crippen LogP) is 2.58. The third kappa shape index (κ3) is 2.86. The van der Waals surface area contributed by atoms with Crippen molar-refractivity contribution >= 4 is 5.97 Å². The van der Waals surface area contributed by atoms with Crippen molar-refractivity contribution in [2.45, 2.75) is 44.6 Å². The second-order valence-corrected chi connectivity index (χ2v) is 4.37. The topological polar surface area (TPSA) is 57.5 Å². The number of hydrogen-bond acceptors (Lipinski definition) is 2. The molecule has 0 amide bonds. The number of hydrogen-bond donors (Lipinski definition) is 2. The van der Waals surface area contributed by atoms with Crippen molar-refractivity contribution in [3.8, 4) is 0 Å². The first-order valence-corrected chi connectivity index (χ1v) is 6.03. The molecule has 0 saturated heterocycles. The number of carboxylic acid groups (broad SMARTS) is 1. The van der Waals surface area contributed by atoms with E-state index in [0.717, 1.165) is 5.56 Å². The molecule has 0 radical (unpaired) electrons. The highest BCUT2D eigenvalue weighted by atomic mass is 16.4. The maximum Gasteiger partial charge on any atom is 0.314 e. The Morgan fingerprint density at radius 1 is 1.29 bits per heavy atom. The van der Waals surface area contributed by atoms with Crippen LogP contribution in [0.15, 0.2) is 30.3 Å². The monoisotopic (exact) mass is 236 g/mol. The molecule has 0 aromatic heterocycles. The zero-order valence-electron chi connectivity index (χ0n) is 10.4. The Kier molecular flexibility index (Phi) is 4.70. The summed E-state index contributed by atoms with van der Waals surface area (Å²) >= 11 is 0. The van der Waals surface area contributed by atoms with Gasteiger partial charge in [0.05, 0.1) is 11.5 Å². The standard InChI is InChI=1S/C14H20O3/c1-3-12(15)10-14(4-2,13(16)17)11-8-6-5-7-9-11/h5-9,12,15H,3-4,10H2,1-2H3,(H,16,17). The minimum atomic E-state index is -0.976. The number of aliphatic hydroxyl groups excluding tert-OH is 1. The highest BCUT2D eigenvalue weighted by Gasteiger charge is 2.39. The highest BCUT2D eigenvalue weighted by molar-refractivity contribution is 5.81. The number of benzene rings is 1. The molecular weight excluding hydrogens is 216 g/mol. The van der Waals surface area contributed by atoms with E-state index in [-0.39, 0.29) is 6.42 Å². The van der Waals surface area contributed by atoms with Gasteiger partial charge in [-0.3, -0.25) is 4.79 Å². The van der Waals surface area contributed by atoms with E-state index >= 15 is 0 Å². The molecule has 0 aliphatic carbocycles. The summed E-state index contributed by atoms with van der Waals surface area (Å²) in [6, 6.07) is 9.17. The van der Waals surface area contributed by atoms with Gasteiger partial charge < -0.3 is 10.2 Å². The Morgan fingerprint density at radius 2 is 1.88 bits per heavy atom. The molecule has 0 aliphatic rings. The van der Waals surface area contributed by atoms with Crippen LogP contribution in [0, 0.1) is 0 Å². The maximum atomic E-state index is 11.6. The van der Waals surface area contributed by atoms with E-state index in [9.17, 15) is 15.0 Å². The van der Waals surface area contributed by atoms with E-state index in [2.05, 4.69) is 0 Å². The van der Waals surface area contributed by atoms with Crippen LogP contribution in [0.25, 0.3) is 0 Å². The molecule has 3 heteroatoms. The summed E-state index contributed by atoms with van der Waals surface area (Å²) in [5.41, 5.74) is -0.209. The molecule has 2 N–H and O–H groups in total. The Balaban J connectivity index is 3.14. The van der Waals surface area contributed by atoms with Crippen molar-refractivity contribution < 1.29 is 15.0 Å². The van der Waals surface area contributed by atoms with Gasteiger partial charge in [0.25, 0.3) is 0 Å². The first-order valence-electron chi connectivity index (χ1n) is 6.03. The van der Waals surface area contributed by atoms with E-state index in [4.69, 9.17) is 0 Å². The van der Waals surface area contributed by atoms with Crippen molar-refractivity contribution in [3.63, 3.8) is 0 Å². The van der Waals surface area contributed by atoms with Crippen molar-refractivity contribution in [3.05, 3.63) is 35.9 Å². The highest BCUT2D eigenvalue weighted by Crippen LogP contribution is 2.34. The average Bonchev–Trinajstić information content (AvgIpc) is 2.36. The van der Waals surface area contributed by atoms with Crippen LogP contribution >= 0.6 is 0 Å². The van der Waals surface area contributed by atoms with Crippen molar-refractivity contribution in [1.82, 2.24) is 0 Å². The van der Waals surface area contributed by atoms with Crippen molar-refractivity contribution in [2.24, 2.45) is 0 Å². The number of carbonyl (C=O) groups is 1. The number of aliphatic hydroxyl groups is 1. The van der Waals surface area contributed by atoms with Crippen LogP contribution in [0.3, 0.4) is 0 Å². The van der Waals surface area contributed by atoms with E-state index in [1.54, 1.807) is 0 Å². The molecule has 1 aromatic carbocycles. The first-order chi connectivity index (χ1) is 8.06. The Labute approximate surface area is 102 Å². The largest absolute Gasteiger partial charge is 0.481 e. The maximum absolute atomic E-state index is 11.6. The van der Waals surface area contributed by atoms with Crippen LogP contribution in [-0.2, 0) is 10.2 Å². The fourth-order valence-corrected chi connectivity index (χ4v) is 2.13. The zero-order valence-corrected chi connectivity index (χ0v) is 10.4. The normalized spacial score (nSPS) is 16.2. The van der Waals surface area contributed by atoms with Crippen LogP contribution < -0.4 is 0 Å². The summed E-state index contributed by atoms with van der Waals surface area (Å²) in [6.45, 7) is 3.71. The molecule has 0 aliphatic heterocycles. The third-order valence-corrected chi connectivity index (χ3v) is 3.39. The Hall–Kier alpha value is -1.35. The summed E-state index contributed by atoms with van der Waals surface area (Å²) in [5.74, 6) is -0.862. The summed E-state index contributed by atoms with van der Waals surface area (Å²) in [7, 11) is 0. The van der Waals surface area contributed by atoms with Crippen LogP contribution in [0.2, 0.25) is 0 Å². The van der Waals surface area contributed by atoms with Gasteiger partial charge in [-0.2, -0.15) is 0 Å². The number of carboxylic acids is 1. The van der Waals surface area contributed by atoms with E-state index in [1.807, 2.05) is 44.2 Å². The summed E-state index contributed by atoms with van der Waals surface area (Å²) in [5, 5.41) is 19.3. The quantitative estimate of drug-likeness (QED) is 0.798. The molecule has 0 bridgehead atoms. The van der Waals surface area contributed by atoms with Gasteiger partial charge in [-0.25, -0.2) is 0 Å². The SMILES string of the molecule is CCC(O)CC(CC)(C(=O)O)c1ccccc1. The zero-order chi connectivity index (χ0) is 12.9. The molecule has 2 atom stereocenters. The lowest BCUT2D eigenvalue weighted by Gasteiger charge is -2.30. The second-order valence-electron chi connectivity index (χ2n) is 4.37. The second kappa shape index (κ2) is 5.82. The molecule has 94 valence electrons. The molecule has 3 nitrogen and oxygen atoms in total. The van der Waals surface area contributed by atoms with Crippen LogP contribution in [-0.4, -0.2) is 22.3 Å². The van der Waals surface area contributed by atoms with Gasteiger partial charge in [-0.15, -0.1) is 0 Å². The Bertz CT molecular complexity index is 361. The summed E-state index contributed by atoms with van der Waals surface area (Å²) < 4.78 is 0. The summed E-state index contributed by atoms with van der Waals surface area (Å²) in [4.78, 5) is 11.6. The Morgan fingerprint density at radius 3 is 2.29 bits per heavy atom.